The molecule has 0 aliphatic rings. The van der Waals surface area contributed by atoms with E-state index in [1.165, 1.54) is 18.2 Å². The molecule has 0 saturated heterocycles. The molecule has 0 atom stereocenters. The molecule has 7 nitrogen and oxygen atoms in total. The Hall–Kier alpha value is -2.86. The molecule has 0 aromatic heterocycles. The van der Waals surface area contributed by atoms with Crippen LogP contribution in [0.15, 0.2) is 53.4 Å². The average molecular weight is 421 g/mol. The summed E-state index contributed by atoms with van der Waals surface area (Å²) < 4.78 is 31.2. The van der Waals surface area contributed by atoms with Crippen LogP contribution in [0, 0.1) is 12.3 Å². The molecule has 2 N–H and O–H groups in total. The Balaban J connectivity index is 1.90. The molecule has 9 heteroatoms. The first-order chi connectivity index (χ1) is 13.3. The third-order valence-corrected chi connectivity index (χ3v) is 5.13. The molecular weight excluding hydrogens is 404 g/mol. The molecule has 2 aromatic rings. The summed E-state index contributed by atoms with van der Waals surface area (Å²) in [5.74, 6) is 0.836. The van der Waals surface area contributed by atoms with Crippen LogP contribution in [-0.2, 0) is 26.1 Å². The van der Waals surface area contributed by atoms with Gasteiger partial charge in [-0.3, -0.25) is 4.79 Å². The van der Waals surface area contributed by atoms with E-state index in [1.54, 1.807) is 24.3 Å². The highest BCUT2D eigenvalue weighted by atomic mass is 35.5. The van der Waals surface area contributed by atoms with Crippen LogP contribution in [0.5, 0.6) is 0 Å². The smallest absolute Gasteiger partial charge is 0.338 e. The number of sulfonamides is 1. The second kappa shape index (κ2) is 9.90. The van der Waals surface area contributed by atoms with Gasteiger partial charge in [0, 0.05) is 11.6 Å². The summed E-state index contributed by atoms with van der Waals surface area (Å²) >= 11 is 5.79. The summed E-state index contributed by atoms with van der Waals surface area (Å²) in [6, 6.07) is 12.1. The van der Waals surface area contributed by atoms with Gasteiger partial charge in [0.25, 0.3) is 5.91 Å². The molecule has 0 saturated carbocycles. The Morgan fingerprint density at radius 1 is 1.14 bits per heavy atom. The summed E-state index contributed by atoms with van der Waals surface area (Å²) in [7, 11) is -3.84. The number of nitrogens with one attached hydrogen (secondary N) is 2. The lowest BCUT2D eigenvalue weighted by Crippen LogP contribution is -2.28. The Morgan fingerprint density at radius 2 is 1.86 bits per heavy atom. The molecule has 0 fully saturated rings. The number of terminal acetylenes is 1. The first-order valence-corrected chi connectivity index (χ1v) is 9.89. The van der Waals surface area contributed by atoms with Gasteiger partial charge in [-0.05, 0) is 35.9 Å². The molecule has 0 aliphatic carbocycles. The lowest BCUT2D eigenvalue weighted by atomic mass is 10.2. The highest BCUT2D eigenvalue weighted by Crippen LogP contribution is 2.12. The lowest BCUT2D eigenvalue weighted by Gasteiger charge is -2.08. The van der Waals surface area contributed by atoms with Crippen molar-refractivity contribution in [3.05, 3.63) is 64.7 Å². The van der Waals surface area contributed by atoms with Crippen LogP contribution in [0.4, 0.5) is 0 Å². The van der Waals surface area contributed by atoms with E-state index in [0.29, 0.717) is 5.02 Å². The Labute approximate surface area is 168 Å². The zero-order chi connectivity index (χ0) is 20.6. The van der Waals surface area contributed by atoms with Crippen LogP contribution in [0.25, 0.3) is 0 Å². The fraction of sp³-hybridized carbons (Fsp3) is 0.158. The molecule has 146 valence electrons. The first-order valence-electron chi connectivity index (χ1n) is 8.03. The van der Waals surface area contributed by atoms with Crippen molar-refractivity contribution in [3.8, 4) is 12.3 Å². The van der Waals surface area contributed by atoms with Gasteiger partial charge in [-0.15, -0.1) is 6.42 Å². The average Bonchev–Trinajstić information content (AvgIpc) is 2.70. The fourth-order valence-corrected chi connectivity index (χ4v) is 3.18. The van der Waals surface area contributed by atoms with Crippen molar-refractivity contribution in [3.63, 3.8) is 0 Å². The van der Waals surface area contributed by atoms with Crippen LogP contribution in [0.3, 0.4) is 0 Å². The first kappa shape index (κ1) is 21.4. The van der Waals surface area contributed by atoms with Gasteiger partial charge in [0.15, 0.2) is 6.61 Å². The van der Waals surface area contributed by atoms with Crippen molar-refractivity contribution in [1.29, 1.82) is 0 Å². The number of benzene rings is 2. The highest BCUT2D eigenvalue weighted by molar-refractivity contribution is 7.89. The number of amides is 1. The van der Waals surface area contributed by atoms with Gasteiger partial charge in [0.1, 0.15) is 0 Å². The number of ether oxygens (including phenoxy) is 1. The molecule has 28 heavy (non-hydrogen) atoms. The van der Waals surface area contributed by atoms with Gasteiger partial charge in [0.05, 0.1) is 17.0 Å². The molecule has 2 rings (SSSR count). The van der Waals surface area contributed by atoms with Gasteiger partial charge >= 0.3 is 5.97 Å². The minimum absolute atomic E-state index is 0.00548. The predicted molar refractivity (Wildman–Crippen MR) is 104 cm³/mol. The van der Waals surface area contributed by atoms with Crippen molar-refractivity contribution in [2.45, 2.75) is 11.4 Å². The number of carbonyl (C=O) groups excluding carboxylic acids is 2. The quantitative estimate of drug-likeness (QED) is 0.500. The number of hydrogen-bond donors (Lipinski definition) is 2. The molecule has 1 amide bonds. The molecule has 0 aliphatic heterocycles. The van der Waals surface area contributed by atoms with E-state index in [0.717, 1.165) is 11.6 Å². The van der Waals surface area contributed by atoms with E-state index in [-0.39, 0.29) is 23.5 Å². The van der Waals surface area contributed by atoms with E-state index >= 15 is 0 Å². The minimum atomic E-state index is -3.84. The Morgan fingerprint density at radius 3 is 2.54 bits per heavy atom. The minimum Gasteiger partial charge on any atom is -0.452 e. The molecule has 2 aromatic carbocycles. The summed E-state index contributed by atoms with van der Waals surface area (Å²) in [5.41, 5.74) is 0.829. The maximum absolute atomic E-state index is 12.1. The van der Waals surface area contributed by atoms with Gasteiger partial charge in [0.2, 0.25) is 10.0 Å². The summed E-state index contributed by atoms with van der Waals surface area (Å²) in [6.45, 7) is -0.425. The molecular formula is C19H17ClN2O5S. The van der Waals surface area contributed by atoms with E-state index < -0.39 is 28.5 Å². The second-order valence-corrected chi connectivity index (χ2v) is 7.74. The zero-order valence-corrected chi connectivity index (χ0v) is 16.2. The van der Waals surface area contributed by atoms with Crippen molar-refractivity contribution in [2.24, 2.45) is 0 Å². The van der Waals surface area contributed by atoms with Crippen LogP contribution < -0.4 is 10.0 Å². The van der Waals surface area contributed by atoms with Gasteiger partial charge in [-0.1, -0.05) is 35.7 Å². The number of hydrogen-bond acceptors (Lipinski definition) is 5. The molecule has 0 heterocycles. The number of rotatable bonds is 8. The van der Waals surface area contributed by atoms with Crippen LogP contribution in [-0.4, -0.2) is 33.4 Å². The Kier molecular flexibility index (Phi) is 7.58. The Bertz CT molecular complexity index is 998. The van der Waals surface area contributed by atoms with Crippen molar-refractivity contribution >= 4 is 33.5 Å². The maximum Gasteiger partial charge on any atom is 0.338 e. The van der Waals surface area contributed by atoms with Crippen molar-refractivity contribution < 1.29 is 22.7 Å². The highest BCUT2D eigenvalue weighted by Gasteiger charge is 2.17. The number of esters is 1. The molecule has 0 radical (unpaired) electrons. The predicted octanol–water partition coefficient (Wildman–Crippen LogP) is 1.72. The molecule has 0 spiro atoms. The van der Waals surface area contributed by atoms with E-state index in [2.05, 4.69) is 16.0 Å². The van der Waals surface area contributed by atoms with Gasteiger partial charge < -0.3 is 10.1 Å². The summed E-state index contributed by atoms with van der Waals surface area (Å²) in [6.07, 6.45) is 5.03. The lowest BCUT2D eigenvalue weighted by molar-refractivity contribution is -0.124. The van der Waals surface area contributed by atoms with E-state index in [4.69, 9.17) is 22.8 Å². The topological polar surface area (TPSA) is 102 Å². The third kappa shape index (κ3) is 6.39. The van der Waals surface area contributed by atoms with Gasteiger partial charge in [-0.2, -0.15) is 4.72 Å². The molecule has 0 bridgehead atoms. The van der Waals surface area contributed by atoms with Crippen LogP contribution in [0.1, 0.15) is 15.9 Å². The largest absolute Gasteiger partial charge is 0.452 e. The van der Waals surface area contributed by atoms with Crippen LogP contribution >= 0.6 is 11.6 Å². The number of carbonyl (C=O) groups is 2. The maximum atomic E-state index is 12.1. The SMILES string of the molecule is C#CCNS(=O)(=O)c1cccc(C(=O)OCC(=O)NCc2ccc(Cl)cc2)c1. The fourth-order valence-electron chi connectivity index (χ4n) is 2.08. The zero-order valence-electron chi connectivity index (χ0n) is 14.6. The normalized spacial score (nSPS) is 10.7. The second-order valence-electron chi connectivity index (χ2n) is 5.54. The van der Waals surface area contributed by atoms with Gasteiger partial charge in [-0.25, -0.2) is 13.2 Å². The van der Waals surface area contributed by atoms with Crippen molar-refractivity contribution in [2.75, 3.05) is 13.2 Å². The van der Waals surface area contributed by atoms with Crippen LogP contribution in [0.2, 0.25) is 5.02 Å². The van der Waals surface area contributed by atoms with E-state index in [1.807, 2.05) is 0 Å². The monoisotopic (exact) mass is 420 g/mol. The van der Waals surface area contributed by atoms with Crippen molar-refractivity contribution in [1.82, 2.24) is 10.0 Å². The summed E-state index contributed by atoms with van der Waals surface area (Å²) in [4.78, 5) is 23.8. The third-order valence-electron chi connectivity index (χ3n) is 3.48. The molecule has 0 unspecified atom stereocenters. The van der Waals surface area contributed by atoms with E-state index in [9.17, 15) is 18.0 Å². The number of halogens is 1. The summed E-state index contributed by atoms with van der Waals surface area (Å²) in [5, 5.41) is 3.19. The standard InChI is InChI=1S/C19H17ClN2O5S/c1-2-10-22-28(25,26)17-5-3-4-15(11-17)19(24)27-13-18(23)21-12-14-6-8-16(20)9-7-14/h1,3-9,11,22H,10,12-13H2,(H,21,23).